The number of nitrogens with one attached hydrogen (secondary N) is 1. The number of nitriles is 1. The fraction of sp³-hybridized carbons (Fsp3) is 0.0800. The van der Waals surface area contributed by atoms with E-state index in [2.05, 4.69) is 16.4 Å². The lowest BCUT2D eigenvalue weighted by Gasteiger charge is -2.13. The molecule has 1 aromatic heterocycles. The van der Waals surface area contributed by atoms with Gasteiger partial charge in [0.15, 0.2) is 0 Å². The summed E-state index contributed by atoms with van der Waals surface area (Å²) in [7, 11) is 0. The zero-order valence-electron chi connectivity index (χ0n) is 16.7. The summed E-state index contributed by atoms with van der Waals surface area (Å²) in [4.78, 5) is 15.9. The first kappa shape index (κ1) is 19.9. The number of hydrogen-bond acceptors (Lipinski definition) is 4. The van der Waals surface area contributed by atoms with Crippen molar-refractivity contribution < 1.29 is 9.90 Å². The molecule has 0 bridgehead atoms. The molecule has 0 amide bonds. The third-order valence-corrected chi connectivity index (χ3v) is 5.04. The molecule has 0 aliphatic heterocycles. The van der Waals surface area contributed by atoms with E-state index in [0.29, 0.717) is 24.2 Å². The second-order valence-corrected chi connectivity index (χ2v) is 7.11. The van der Waals surface area contributed by atoms with Gasteiger partial charge in [-0.15, -0.1) is 0 Å². The Morgan fingerprint density at radius 2 is 1.84 bits per heavy atom. The van der Waals surface area contributed by atoms with Crippen LogP contribution in [0.3, 0.4) is 0 Å². The molecule has 0 fully saturated rings. The van der Waals surface area contributed by atoms with Crippen molar-refractivity contribution >= 4 is 11.7 Å². The van der Waals surface area contributed by atoms with Crippen molar-refractivity contribution in [2.75, 3.05) is 5.32 Å². The number of carboxylic acid groups (broad SMARTS) is 1. The lowest BCUT2D eigenvalue weighted by atomic mass is 9.99. The van der Waals surface area contributed by atoms with Crippen LogP contribution in [-0.4, -0.2) is 20.6 Å². The molecule has 6 nitrogen and oxygen atoms in total. The molecule has 0 saturated carbocycles. The maximum atomic E-state index is 11.7. The van der Waals surface area contributed by atoms with Crippen LogP contribution in [0, 0.1) is 11.3 Å². The van der Waals surface area contributed by atoms with Gasteiger partial charge in [0.2, 0.25) is 0 Å². The van der Waals surface area contributed by atoms with Gasteiger partial charge in [-0.2, -0.15) is 5.26 Å². The average molecular weight is 408 g/mol. The zero-order chi connectivity index (χ0) is 21.6. The van der Waals surface area contributed by atoms with E-state index in [9.17, 15) is 9.90 Å². The molecule has 3 aromatic carbocycles. The third kappa shape index (κ3) is 4.62. The van der Waals surface area contributed by atoms with E-state index in [1.807, 2.05) is 53.1 Å². The molecule has 0 aliphatic carbocycles. The molecule has 6 heteroatoms. The number of nitrogens with zero attached hydrogens (tertiary/aromatic N) is 3. The van der Waals surface area contributed by atoms with E-state index in [1.165, 1.54) is 0 Å². The van der Waals surface area contributed by atoms with Gasteiger partial charge in [-0.1, -0.05) is 42.5 Å². The van der Waals surface area contributed by atoms with Gasteiger partial charge in [-0.25, -0.2) is 9.78 Å². The predicted octanol–water partition coefficient (Wildman–Crippen LogP) is 4.78. The lowest BCUT2D eigenvalue weighted by Crippen LogP contribution is -2.08. The Hall–Kier alpha value is -4.37. The summed E-state index contributed by atoms with van der Waals surface area (Å²) in [5.41, 5.74) is 5.33. The summed E-state index contributed by atoms with van der Waals surface area (Å²) in [6, 6.07) is 24.4. The largest absolute Gasteiger partial charge is 0.478 e. The number of aromatic carboxylic acids is 1. The van der Waals surface area contributed by atoms with Crippen LogP contribution in [-0.2, 0) is 13.1 Å². The van der Waals surface area contributed by atoms with E-state index < -0.39 is 5.97 Å². The summed E-state index contributed by atoms with van der Waals surface area (Å²) in [6.07, 6.45) is 3.58. The van der Waals surface area contributed by atoms with E-state index in [4.69, 9.17) is 5.26 Å². The van der Waals surface area contributed by atoms with Crippen LogP contribution in [0.15, 0.2) is 85.3 Å². The predicted molar refractivity (Wildman–Crippen MR) is 119 cm³/mol. The van der Waals surface area contributed by atoms with Crippen LogP contribution in [0.25, 0.3) is 11.1 Å². The van der Waals surface area contributed by atoms with E-state index in [1.54, 1.807) is 36.8 Å². The number of aromatic nitrogens is 2. The molecule has 4 rings (SSSR count). The van der Waals surface area contributed by atoms with Crippen molar-refractivity contribution in [2.24, 2.45) is 0 Å². The molecule has 4 aromatic rings. The number of carboxylic acids is 1. The third-order valence-electron chi connectivity index (χ3n) is 5.04. The molecule has 2 N–H and O–H groups in total. The summed E-state index contributed by atoms with van der Waals surface area (Å²) in [5, 5.41) is 21.9. The number of rotatable bonds is 7. The fourth-order valence-electron chi connectivity index (χ4n) is 3.41. The summed E-state index contributed by atoms with van der Waals surface area (Å²) >= 11 is 0. The van der Waals surface area contributed by atoms with E-state index in [0.717, 1.165) is 22.5 Å². The highest BCUT2D eigenvalue weighted by molar-refractivity contribution is 5.97. The van der Waals surface area contributed by atoms with Crippen LogP contribution >= 0.6 is 0 Å². The van der Waals surface area contributed by atoms with Crippen molar-refractivity contribution in [1.29, 1.82) is 5.26 Å². The van der Waals surface area contributed by atoms with Crippen LogP contribution in [0.5, 0.6) is 0 Å². The minimum Gasteiger partial charge on any atom is -0.478 e. The second kappa shape index (κ2) is 8.97. The van der Waals surface area contributed by atoms with Crippen molar-refractivity contribution in [3.05, 3.63) is 108 Å². The lowest BCUT2D eigenvalue weighted by molar-refractivity contribution is 0.0697. The van der Waals surface area contributed by atoms with E-state index >= 15 is 0 Å². The van der Waals surface area contributed by atoms with Crippen LogP contribution in [0.4, 0.5) is 5.69 Å². The van der Waals surface area contributed by atoms with Gasteiger partial charge < -0.3 is 15.0 Å². The Balaban J connectivity index is 1.52. The monoisotopic (exact) mass is 408 g/mol. The van der Waals surface area contributed by atoms with Gasteiger partial charge >= 0.3 is 5.97 Å². The van der Waals surface area contributed by atoms with Gasteiger partial charge in [-0.3, -0.25) is 0 Å². The quantitative estimate of drug-likeness (QED) is 0.459. The minimum atomic E-state index is -0.953. The summed E-state index contributed by atoms with van der Waals surface area (Å²) in [6.45, 7) is 1.19. The van der Waals surface area contributed by atoms with Crippen molar-refractivity contribution in [1.82, 2.24) is 9.55 Å². The number of imidazole rings is 1. The standard InChI is InChI=1S/C25H20N4O2/c26-13-18-6-8-19(9-7-18)16-29-17-27-14-22(29)15-28-21-10-11-23(25(30)31)24(12-21)20-4-2-1-3-5-20/h1-12,14,17,28H,15-16H2,(H,30,31). The fourth-order valence-corrected chi connectivity index (χ4v) is 3.41. The molecule has 31 heavy (non-hydrogen) atoms. The Kier molecular flexibility index (Phi) is 5.77. The Labute approximate surface area is 180 Å². The van der Waals surface area contributed by atoms with Gasteiger partial charge in [0.05, 0.1) is 35.8 Å². The molecule has 152 valence electrons. The summed E-state index contributed by atoms with van der Waals surface area (Å²) in [5.74, 6) is -0.953. The number of hydrogen-bond donors (Lipinski definition) is 2. The molecule has 0 radical (unpaired) electrons. The minimum absolute atomic E-state index is 0.266. The summed E-state index contributed by atoms with van der Waals surface area (Å²) < 4.78 is 2.04. The first-order valence-corrected chi connectivity index (χ1v) is 9.79. The average Bonchev–Trinajstić information content (AvgIpc) is 3.25. The van der Waals surface area contributed by atoms with Crippen molar-refractivity contribution in [2.45, 2.75) is 13.1 Å². The highest BCUT2D eigenvalue weighted by Gasteiger charge is 2.13. The molecule has 0 unspecified atom stereocenters. The zero-order valence-corrected chi connectivity index (χ0v) is 16.7. The van der Waals surface area contributed by atoms with Gasteiger partial charge in [0.25, 0.3) is 0 Å². The smallest absolute Gasteiger partial charge is 0.336 e. The highest BCUT2D eigenvalue weighted by Crippen LogP contribution is 2.27. The number of benzene rings is 3. The molecule has 0 aliphatic rings. The van der Waals surface area contributed by atoms with E-state index in [-0.39, 0.29) is 5.56 Å². The molecule has 0 saturated heterocycles. The topological polar surface area (TPSA) is 90.9 Å². The van der Waals surface area contributed by atoms with Crippen LogP contribution in [0.2, 0.25) is 0 Å². The first-order chi connectivity index (χ1) is 15.1. The Bertz CT molecular complexity index is 1240. The van der Waals surface area contributed by atoms with Gasteiger partial charge in [-0.05, 0) is 47.0 Å². The first-order valence-electron chi connectivity index (χ1n) is 9.79. The Morgan fingerprint density at radius 1 is 1.06 bits per heavy atom. The Morgan fingerprint density at radius 3 is 2.55 bits per heavy atom. The normalized spacial score (nSPS) is 10.4. The van der Waals surface area contributed by atoms with Gasteiger partial charge in [0, 0.05) is 18.4 Å². The molecule has 0 spiro atoms. The molecular formula is C25H20N4O2. The number of anilines is 1. The number of carbonyl (C=O) groups is 1. The maximum Gasteiger partial charge on any atom is 0.336 e. The van der Waals surface area contributed by atoms with Gasteiger partial charge in [0.1, 0.15) is 0 Å². The van der Waals surface area contributed by atoms with Crippen LogP contribution < -0.4 is 5.32 Å². The maximum absolute atomic E-state index is 11.7. The van der Waals surface area contributed by atoms with Crippen molar-refractivity contribution in [3.8, 4) is 17.2 Å². The highest BCUT2D eigenvalue weighted by atomic mass is 16.4. The molecular weight excluding hydrogens is 388 g/mol. The second-order valence-electron chi connectivity index (χ2n) is 7.11. The SMILES string of the molecule is N#Cc1ccc(Cn2cncc2CNc2ccc(C(=O)O)c(-c3ccccc3)c2)cc1. The molecule has 0 atom stereocenters. The molecule has 1 heterocycles. The van der Waals surface area contributed by atoms with Crippen molar-refractivity contribution in [3.63, 3.8) is 0 Å². The van der Waals surface area contributed by atoms with Crippen LogP contribution in [0.1, 0.15) is 27.2 Å².